The molecule has 0 saturated heterocycles. The molecule has 6 heteroatoms. The minimum absolute atomic E-state index is 0.00526. The van der Waals surface area contributed by atoms with E-state index in [0.717, 1.165) is 30.3 Å². The lowest BCUT2D eigenvalue weighted by Crippen LogP contribution is -2.64. The molecule has 1 heterocycles. The van der Waals surface area contributed by atoms with Crippen LogP contribution in [0.15, 0.2) is 12.1 Å². The number of aldehydes is 1. The first-order valence-electron chi connectivity index (χ1n) is 10.0. The van der Waals surface area contributed by atoms with Crippen molar-refractivity contribution in [3.05, 3.63) is 23.3 Å². The Morgan fingerprint density at radius 3 is 2.74 bits per heavy atom. The van der Waals surface area contributed by atoms with Crippen LogP contribution in [0.3, 0.4) is 0 Å². The number of carbonyl (C=O) groups excluding carboxylic acids is 1. The monoisotopic (exact) mass is 375 g/mol. The van der Waals surface area contributed by atoms with Crippen LogP contribution in [0.1, 0.15) is 50.7 Å². The molecule has 1 aromatic rings. The number of phenolic OH excluding ortho intramolecular Hbond substituents is 1. The predicted octanol–water partition coefficient (Wildman–Crippen LogP) is 2.41. The number of aromatic hydroxyl groups is 1. The Labute approximate surface area is 159 Å². The summed E-state index contributed by atoms with van der Waals surface area (Å²) in [5, 5.41) is 33.8. The van der Waals surface area contributed by atoms with Crippen LogP contribution in [-0.4, -0.2) is 51.6 Å². The summed E-state index contributed by atoms with van der Waals surface area (Å²) >= 11 is 0. The van der Waals surface area contributed by atoms with Gasteiger partial charge in [0.1, 0.15) is 0 Å². The van der Waals surface area contributed by atoms with E-state index in [4.69, 9.17) is 4.74 Å². The lowest BCUT2D eigenvalue weighted by Gasteiger charge is -2.53. The Kier molecular flexibility index (Phi) is 4.48. The van der Waals surface area contributed by atoms with Gasteiger partial charge in [-0.3, -0.25) is 4.79 Å². The van der Waals surface area contributed by atoms with Gasteiger partial charge in [-0.15, -0.1) is 0 Å². The second kappa shape index (κ2) is 6.47. The first-order valence-corrected chi connectivity index (χ1v) is 10.0. The molecule has 0 aromatic heterocycles. The van der Waals surface area contributed by atoms with E-state index < -0.39 is 17.1 Å². The molecule has 3 aliphatic rings. The largest absolute Gasteiger partial charge is 0.504 e. The summed E-state index contributed by atoms with van der Waals surface area (Å²) in [6.07, 6.45) is 3.64. The van der Waals surface area contributed by atoms with Gasteiger partial charge in [0.2, 0.25) is 0 Å². The zero-order valence-corrected chi connectivity index (χ0v) is 16.0. The maximum atomic E-state index is 12.0. The van der Waals surface area contributed by atoms with Crippen LogP contribution in [0.2, 0.25) is 0 Å². The minimum atomic E-state index is -1.16. The van der Waals surface area contributed by atoms with Crippen molar-refractivity contribution >= 4 is 6.29 Å². The summed E-state index contributed by atoms with van der Waals surface area (Å²) in [5.74, 6) is 0.771. The van der Waals surface area contributed by atoms with E-state index in [9.17, 15) is 20.2 Å². The molecule has 148 valence electrons. The molecule has 6 nitrogen and oxygen atoms in total. The number of phenols is 1. The fourth-order valence-electron chi connectivity index (χ4n) is 5.45. The van der Waals surface area contributed by atoms with Gasteiger partial charge in [-0.25, -0.2) is 0 Å². The number of rotatable bonds is 7. The van der Waals surface area contributed by atoms with Crippen LogP contribution in [0, 0.1) is 11.8 Å². The lowest BCUT2D eigenvalue weighted by atomic mass is 9.53. The van der Waals surface area contributed by atoms with Gasteiger partial charge in [0.25, 0.3) is 0 Å². The first kappa shape index (κ1) is 18.7. The van der Waals surface area contributed by atoms with Gasteiger partial charge < -0.3 is 20.2 Å². The third kappa shape index (κ3) is 2.61. The average molecular weight is 375 g/mol. The molecule has 1 fully saturated rings. The third-order valence-corrected chi connectivity index (χ3v) is 7.11. The molecule has 0 bridgehead atoms. The fourth-order valence-corrected chi connectivity index (χ4v) is 5.45. The molecule has 1 aliphatic heterocycles. The average Bonchev–Trinajstić information content (AvgIpc) is 3.39. The number of ether oxygens (including phenoxy) is 1. The second-order valence-corrected chi connectivity index (χ2v) is 8.58. The molecule has 3 unspecified atom stereocenters. The number of hydroxylamine groups is 2. The molecule has 1 saturated carbocycles. The highest BCUT2D eigenvalue weighted by molar-refractivity contribution is 5.71. The summed E-state index contributed by atoms with van der Waals surface area (Å²) < 4.78 is 5.91. The van der Waals surface area contributed by atoms with E-state index in [0.29, 0.717) is 44.0 Å². The number of benzene rings is 1. The molecular formula is C21H29NO5. The van der Waals surface area contributed by atoms with Crippen molar-refractivity contribution in [3.63, 3.8) is 0 Å². The molecule has 0 amide bonds. The predicted molar refractivity (Wildman–Crippen MR) is 99.1 cm³/mol. The standard InChI is InChI=1S/C21H29NO5/c1-3-21(25)13(2)10-15-6-7-16(24)19-18(15)20(21,17(12-23)27-19)8-9-22(26)11-14-4-5-14/h6-7,12-14,17,24-26H,3-5,8-11H2,1-2H3/t13?,17?,20-,21?/m0/s1. The van der Waals surface area contributed by atoms with Crippen molar-refractivity contribution in [1.82, 2.24) is 5.06 Å². The maximum absolute atomic E-state index is 12.0. The Balaban J connectivity index is 1.81. The van der Waals surface area contributed by atoms with E-state index in [1.807, 2.05) is 19.9 Å². The van der Waals surface area contributed by atoms with Crippen molar-refractivity contribution < 1.29 is 25.0 Å². The number of hydrogen-bond donors (Lipinski definition) is 3. The maximum Gasteiger partial charge on any atom is 0.166 e. The van der Waals surface area contributed by atoms with E-state index in [2.05, 4.69) is 0 Å². The molecule has 2 aliphatic carbocycles. The van der Waals surface area contributed by atoms with Gasteiger partial charge in [0.15, 0.2) is 23.9 Å². The van der Waals surface area contributed by atoms with Crippen LogP contribution in [0.4, 0.5) is 0 Å². The smallest absolute Gasteiger partial charge is 0.166 e. The molecule has 1 aromatic carbocycles. The molecule has 27 heavy (non-hydrogen) atoms. The SMILES string of the molecule is CCC1(O)C(C)Cc2ccc(O)c3c2[C@]1(CCN(O)CC1CC1)C(C=O)O3. The van der Waals surface area contributed by atoms with Crippen LogP contribution < -0.4 is 4.74 Å². The van der Waals surface area contributed by atoms with Crippen LogP contribution in [0.25, 0.3) is 0 Å². The van der Waals surface area contributed by atoms with Gasteiger partial charge in [0.05, 0.1) is 11.0 Å². The summed E-state index contributed by atoms with van der Waals surface area (Å²) in [7, 11) is 0. The Morgan fingerprint density at radius 2 is 2.11 bits per heavy atom. The summed E-state index contributed by atoms with van der Waals surface area (Å²) in [6, 6.07) is 3.46. The van der Waals surface area contributed by atoms with Gasteiger partial charge >= 0.3 is 0 Å². The van der Waals surface area contributed by atoms with E-state index in [1.54, 1.807) is 6.07 Å². The number of hydrogen-bond acceptors (Lipinski definition) is 6. The number of nitrogens with zero attached hydrogens (tertiary/aromatic N) is 1. The van der Waals surface area contributed by atoms with Gasteiger partial charge in [-0.05, 0) is 55.6 Å². The fraction of sp³-hybridized carbons (Fsp3) is 0.667. The molecule has 0 spiro atoms. The first-order chi connectivity index (χ1) is 12.9. The van der Waals surface area contributed by atoms with Crippen molar-refractivity contribution in [2.24, 2.45) is 11.8 Å². The topological polar surface area (TPSA) is 90.2 Å². The van der Waals surface area contributed by atoms with Gasteiger partial charge in [-0.1, -0.05) is 19.9 Å². The molecule has 4 atom stereocenters. The van der Waals surface area contributed by atoms with Crippen LogP contribution >= 0.6 is 0 Å². The molecule has 3 N–H and O–H groups in total. The van der Waals surface area contributed by atoms with Gasteiger partial charge in [0, 0.05) is 18.7 Å². The third-order valence-electron chi connectivity index (χ3n) is 7.11. The zero-order chi connectivity index (χ0) is 19.4. The number of carbonyl (C=O) groups is 1. The number of aliphatic hydroxyl groups is 1. The normalized spacial score (nSPS) is 34.4. The van der Waals surface area contributed by atoms with Crippen molar-refractivity contribution in [2.45, 2.75) is 63.1 Å². The van der Waals surface area contributed by atoms with E-state index in [-0.39, 0.29) is 11.7 Å². The Bertz CT molecular complexity index is 748. The molecule has 4 rings (SSSR count). The summed E-state index contributed by atoms with van der Waals surface area (Å²) in [6.45, 7) is 4.88. The van der Waals surface area contributed by atoms with Crippen LogP contribution in [-0.2, 0) is 16.6 Å². The zero-order valence-electron chi connectivity index (χ0n) is 16.0. The Morgan fingerprint density at radius 1 is 1.37 bits per heavy atom. The summed E-state index contributed by atoms with van der Waals surface area (Å²) in [5.41, 5.74) is -0.383. The second-order valence-electron chi connectivity index (χ2n) is 8.58. The highest BCUT2D eigenvalue weighted by Gasteiger charge is 2.65. The van der Waals surface area contributed by atoms with E-state index >= 15 is 0 Å². The quantitative estimate of drug-likeness (QED) is 0.501. The summed E-state index contributed by atoms with van der Waals surface area (Å²) in [4.78, 5) is 12.0. The minimum Gasteiger partial charge on any atom is -0.504 e. The van der Waals surface area contributed by atoms with Crippen LogP contribution in [0.5, 0.6) is 11.5 Å². The van der Waals surface area contributed by atoms with Gasteiger partial charge in [-0.2, -0.15) is 5.06 Å². The highest BCUT2D eigenvalue weighted by atomic mass is 16.5. The molecular weight excluding hydrogens is 346 g/mol. The van der Waals surface area contributed by atoms with Crippen molar-refractivity contribution in [1.29, 1.82) is 0 Å². The Hall–Kier alpha value is -1.63. The molecule has 0 radical (unpaired) electrons. The highest BCUT2D eigenvalue weighted by Crippen LogP contribution is 2.61. The van der Waals surface area contributed by atoms with E-state index in [1.165, 1.54) is 5.06 Å². The van der Waals surface area contributed by atoms with Crippen molar-refractivity contribution in [2.75, 3.05) is 13.1 Å². The lowest BCUT2D eigenvalue weighted by molar-refractivity contribution is -0.150. The van der Waals surface area contributed by atoms with Crippen molar-refractivity contribution in [3.8, 4) is 11.5 Å².